The maximum Gasteiger partial charge on any atom is 0.387 e. The number of hydrogen-bond donors (Lipinski definition) is 0. The molecule has 0 aliphatic heterocycles. The highest BCUT2D eigenvalue weighted by Gasteiger charge is 2.26. The standard InChI is InChI=1S/C11H8F2N2O5/c1-2-19-10(16)6-3-7(5-14)9(20-11(12)13)8(4-6)15(17)18/h3-4,11H,2H2,1H3. The summed E-state index contributed by atoms with van der Waals surface area (Å²) in [6, 6.07) is 3.07. The van der Waals surface area contributed by atoms with Crippen molar-refractivity contribution >= 4 is 11.7 Å². The maximum atomic E-state index is 12.2. The topological polar surface area (TPSA) is 102 Å². The predicted octanol–water partition coefficient (Wildman–Crippen LogP) is 2.24. The highest BCUT2D eigenvalue weighted by atomic mass is 19.3. The quantitative estimate of drug-likeness (QED) is 0.467. The summed E-state index contributed by atoms with van der Waals surface area (Å²) in [6.07, 6.45) is 0. The number of nitriles is 1. The van der Waals surface area contributed by atoms with Gasteiger partial charge in [0.25, 0.3) is 0 Å². The van der Waals surface area contributed by atoms with Crippen LogP contribution in [0.5, 0.6) is 5.75 Å². The van der Waals surface area contributed by atoms with Crippen molar-refractivity contribution in [3.8, 4) is 11.8 Å². The number of hydrogen-bond acceptors (Lipinski definition) is 6. The number of esters is 1. The molecule has 7 nitrogen and oxygen atoms in total. The number of nitro benzene ring substituents is 1. The number of rotatable bonds is 5. The number of ether oxygens (including phenoxy) is 2. The molecule has 0 fully saturated rings. The molecule has 0 radical (unpaired) electrons. The molecule has 0 aliphatic rings. The van der Waals surface area contributed by atoms with Crippen LogP contribution in [-0.4, -0.2) is 24.1 Å². The minimum Gasteiger partial charge on any atom is -0.462 e. The summed E-state index contributed by atoms with van der Waals surface area (Å²) >= 11 is 0. The third-order valence-corrected chi connectivity index (χ3v) is 2.10. The second-order valence-corrected chi connectivity index (χ2v) is 3.34. The first-order valence-corrected chi connectivity index (χ1v) is 5.25. The van der Waals surface area contributed by atoms with Gasteiger partial charge in [0.2, 0.25) is 5.75 Å². The number of benzene rings is 1. The Labute approximate surface area is 111 Å². The number of halogens is 2. The Balaban J connectivity index is 3.43. The Morgan fingerprint density at radius 3 is 2.65 bits per heavy atom. The molecule has 0 unspecified atom stereocenters. The summed E-state index contributed by atoms with van der Waals surface area (Å²) in [5, 5.41) is 19.6. The molecule has 1 rings (SSSR count). The Bertz CT molecular complexity index is 583. The van der Waals surface area contributed by atoms with Crippen molar-refractivity contribution in [1.29, 1.82) is 5.26 Å². The van der Waals surface area contributed by atoms with Gasteiger partial charge in [0.05, 0.1) is 17.1 Å². The van der Waals surface area contributed by atoms with Crippen molar-refractivity contribution in [2.45, 2.75) is 13.5 Å². The van der Waals surface area contributed by atoms with Crippen LogP contribution >= 0.6 is 0 Å². The van der Waals surface area contributed by atoms with Crippen LogP contribution in [-0.2, 0) is 4.74 Å². The molecule has 0 spiro atoms. The highest BCUT2D eigenvalue weighted by molar-refractivity contribution is 5.91. The molecule has 0 bridgehead atoms. The zero-order valence-electron chi connectivity index (χ0n) is 10.1. The SMILES string of the molecule is CCOC(=O)c1cc(C#N)c(OC(F)F)c([N+](=O)[O-])c1. The lowest BCUT2D eigenvalue weighted by molar-refractivity contribution is -0.386. The van der Waals surface area contributed by atoms with Gasteiger partial charge in [-0.05, 0) is 13.0 Å². The van der Waals surface area contributed by atoms with Gasteiger partial charge in [-0.2, -0.15) is 14.0 Å². The fourth-order valence-corrected chi connectivity index (χ4v) is 1.38. The molecule has 0 heterocycles. The number of alkyl halides is 2. The Hall–Kier alpha value is -2.76. The van der Waals surface area contributed by atoms with Crippen LogP contribution in [0.25, 0.3) is 0 Å². The van der Waals surface area contributed by atoms with Gasteiger partial charge in [-0.3, -0.25) is 10.1 Å². The maximum absolute atomic E-state index is 12.2. The third kappa shape index (κ3) is 3.38. The summed E-state index contributed by atoms with van der Waals surface area (Å²) < 4.78 is 33.0. The van der Waals surface area contributed by atoms with Crippen LogP contribution < -0.4 is 4.74 Å². The molecule has 0 atom stereocenters. The Morgan fingerprint density at radius 2 is 2.20 bits per heavy atom. The van der Waals surface area contributed by atoms with Gasteiger partial charge in [-0.1, -0.05) is 0 Å². The van der Waals surface area contributed by atoms with Gasteiger partial charge in [-0.15, -0.1) is 0 Å². The van der Waals surface area contributed by atoms with E-state index in [0.717, 1.165) is 12.1 Å². The molecule has 20 heavy (non-hydrogen) atoms. The first kappa shape index (κ1) is 15.3. The normalized spacial score (nSPS) is 9.95. The molecule has 0 saturated carbocycles. The van der Waals surface area contributed by atoms with Crippen LogP contribution in [0.3, 0.4) is 0 Å². The van der Waals surface area contributed by atoms with Gasteiger partial charge in [-0.25, -0.2) is 4.79 Å². The van der Waals surface area contributed by atoms with E-state index in [2.05, 4.69) is 9.47 Å². The van der Waals surface area contributed by atoms with E-state index in [1.807, 2.05) is 0 Å². The fraction of sp³-hybridized carbons (Fsp3) is 0.273. The molecular formula is C11H8F2N2O5. The van der Waals surface area contributed by atoms with Crippen molar-refractivity contribution in [3.05, 3.63) is 33.4 Å². The van der Waals surface area contributed by atoms with Gasteiger partial charge in [0, 0.05) is 6.07 Å². The average Bonchev–Trinajstić information content (AvgIpc) is 2.38. The molecule has 0 aromatic heterocycles. The summed E-state index contributed by atoms with van der Waals surface area (Å²) in [7, 11) is 0. The van der Waals surface area contributed by atoms with Gasteiger partial charge in [0.15, 0.2) is 0 Å². The molecule has 0 amide bonds. The molecule has 0 N–H and O–H groups in total. The molecular weight excluding hydrogens is 278 g/mol. The zero-order chi connectivity index (χ0) is 15.3. The first-order chi connectivity index (χ1) is 9.40. The van der Waals surface area contributed by atoms with E-state index in [4.69, 9.17) is 5.26 Å². The number of nitro groups is 1. The minimum atomic E-state index is -3.34. The van der Waals surface area contributed by atoms with Crippen LogP contribution in [0.4, 0.5) is 14.5 Å². The summed E-state index contributed by atoms with van der Waals surface area (Å²) in [5.74, 6) is -1.80. The van der Waals surface area contributed by atoms with Crippen LogP contribution in [0.1, 0.15) is 22.8 Å². The Morgan fingerprint density at radius 1 is 1.55 bits per heavy atom. The monoisotopic (exact) mass is 286 g/mol. The van der Waals surface area contributed by atoms with Crippen LogP contribution in [0.15, 0.2) is 12.1 Å². The largest absolute Gasteiger partial charge is 0.462 e. The second-order valence-electron chi connectivity index (χ2n) is 3.34. The van der Waals surface area contributed by atoms with E-state index in [-0.39, 0.29) is 12.2 Å². The third-order valence-electron chi connectivity index (χ3n) is 2.10. The van der Waals surface area contributed by atoms with E-state index in [0.29, 0.717) is 0 Å². The molecule has 0 aliphatic carbocycles. The molecule has 1 aromatic rings. The van der Waals surface area contributed by atoms with E-state index < -0.39 is 34.5 Å². The lowest BCUT2D eigenvalue weighted by Crippen LogP contribution is -2.10. The van der Waals surface area contributed by atoms with E-state index in [1.54, 1.807) is 0 Å². The molecule has 9 heteroatoms. The molecule has 0 saturated heterocycles. The second kappa shape index (κ2) is 6.42. The van der Waals surface area contributed by atoms with Crippen molar-refractivity contribution in [1.82, 2.24) is 0 Å². The number of carbonyl (C=O) groups is 1. The lowest BCUT2D eigenvalue weighted by atomic mass is 10.1. The summed E-state index contributed by atoms with van der Waals surface area (Å²) in [6.45, 7) is -1.80. The average molecular weight is 286 g/mol. The van der Waals surface area contributed by atoms with Crippen molar-refractivity contribution in [2.75, 3.05) is 6.61 Å². The van der Waals surface area contributed by atoms with Gasteiger partial charge in [0.1, 0.15) is 11.6 Å². The van der Waals surface area contributed by atoms with Crippen LogP contribution in [0, 0.1) is 21.4 Å². The number of carbonyl (C=O) groups excluding carboxylic acids is 1. The zero-order valence-corrected chi connectivity index (χ0v) is 10.1. The van der Waals surface area contributed by atoms with Crippen molar-refractivity contribution in [2.24, 2.45) is 0 Å². The van der Waals surface area contributed by atoms with Crippen molar-refractivity contribution < 1.29 is 28.0 Å². The lowest BCUT2D eigenvalue weighted by Gasteiger charge is -2.09. The predicted molar refractivity (Wildman–Crippen MR) is 60.4 cm³/mol. The van der Waals surface area contributed by atoms with Crippen molar-refractivity contribution in [3.63, 3.8) is 0 Å². The Kier molecular flexibility index (Phi) is 4.91. The van der Waals surface area contributed by atoms with E-state index in [1.165, 1.54) is 13.0 Å². The number of nitrogens with zero attached hydrogens (tertiary/aromatic N) is 2. The smallest absolute Gasteiger partial charge is 0.387 e. The fourth-order valence-electron chi connectivity index (χ4n) is 1.38. The van der Waals surface area contributed by atoms with Gasteiger partial charge < -0.3 is 9.47 Å². The van der Waals surface area contributed by atoms with Gasteiger partial charge >= 0.3 is 18.3 Å². The molecule has 1 aromatic carbocycles. The first-order valence-electron chi connectivity index (χ1n) is 5.25. The molecule has 106 valence electrons. The highest BCUT2D eigenvalue weighted by Crippen LogP contribution is 2.33. The summed E-state index contributed by atoms with van der Waals surface area (Å²) in [5.41, 5.74) is -1.76. The van der Waals surface area contributed by atoms with Crippen LogP contribution in [0.2, 0.25) is 0 Å². The van der Waals surface area contributed by atoms with E-state index >= 15 is 0 Å². The van der Waals surface area contributed by atoms with E-state index in [9.17, 15) is 23.7 Å². The summed E-state index contributed by atoms with van der Waals surface area (Å²) in [4.78, 5) is 21.3. The minimum absolute atomic E-state index is 0.0177.